The average Bonchev–Trinajstić information content (AvgIpc) is 2.48. The van der Waals surface area contributed by atoms with Crippen molar-refractivity contribution in [2.75, 3.05) is 0 Å². The molecule has 0 bridgehead atoms. The van der Waals surface area contributed by atoms with Crippen LogP contribution in [0.2, 0.25) is 0 Å². The van der Waals surface area contributed by atoms with Gasteiger partial charge in [-0.15, -0.1) is 6.42 Å². The first-order valence-electron chi connectivity index (χ1n) is 6.69. The van der Waals surface area contributed by atoms with Crippen molar-refractivity contribution in [1.82, 2.24) is 0 Å². The van der Waals surface area contributed by atoms with Crippen molar-refractivity contribution in [2.24, 2.45) is 0 Å². The summed E-state index contributed by atoms with van der Waals surface area (Å²) in [6.07, 6.45) is 15.1. The van der Waals surface area contributed by atoms with Crippen LogP contribution in [0.1, 0.15) is 18.1 Å². The van der Waals surface area contributed by atoms with Crippen molar-refractivity contribution in [3.8, 4) is 12.3 Å². The Kier molecular flexibility index (Phi) is 7.15. The van der Waals surface area contributed by atoms with Gasteiger partial charge in [0, 0.05) is 15.4 Å². The van der Waals surface area contributed by atoms with Crippen LogP contribution in [-0.4, -0.2) is 0 Å². The first-order chi connectivity index (χ1) is 10.1. The summed E-state index contributed by atoms with van der Waals surface area (Å²) < 4.78 is 0. The maximum atomic E-state index is 5.57. The number of hydrogen-bond acceptors (Lipinski definition) is 1. The first-order valence-corrected chi connectivity index (χ1v) is 7.51. The number of thioether (sulfide) groups is 1. The van der Waals surface area contributed by atoms with Gasteiger partial charge in [-0.2, -0.15) is 0 Å². The molecule has 1 aromatic carbocycles. The van der Waals surface area contributed by atoms with Crippen LogP contribution < -0.4 is 0 Å². The van der Waals surface area contributed by atoms with E-state index in [1.165, 1.54) is 11.1 Å². The summed E-state index contributed by atoms with van der Waals surface area (Å²) in [7, 11) is 0. The van der Waals surface area contributed by atoms with E-state index >= 15 is 0 Å². The zero-order valence-corrected chi connectivity index (χ0v) is 13.4. The molecule has 0 aliphatic rings. The highest BCUT2D eigenvalue weighted by molar-refractivity contribution is 8.12. The third-order valence-electron chi connectivity index (χ3n) is 2.82. The summed E-state index contributed by atoms with van der Waals surface area (Å²) in [6, 6.07) is 8.24. The lowest BCUT2D eigenvalue weighted by atomic mass is 10.1. The van der Waals surface area contributed by atoms with Crippen molar-refractivity contribution in [2.45, 2.75) is 13.8 Å². The van der Waals surface area contributed by atoms with E-state index in [0.717, 1.165) is 15.4 Å². The molecule has 0 atom stereocenters. The highest BCUT2D eigenvalue weighted by atomic mass is 32.2. The van der Waals surface area contributed by atoms with Gasteiger partial charge in [0.25, 0.3) is 0 Å². The van der Waals surface area contributed by atoms with Crippen molar-refractivity contribution in [1.29, 1.82) is 0 Å². The Labute approximate surface area is 132 Å². The van der Waals surface area contributed by atoms with E-state index in [2.05, 4.69) is 38.1 Å². The minimum absolute atomic E-state index is 0.793. The van der Waals surface area contributed by atoms with Crippen molar-refractivity contribution in [3.63, 3.8) is 0 Å². The Balaban J connectivity index is 3.09. The second kappa shape index (κ2) is 8.89. The maximum absolute atomic E-state index is 5.57. The van der Waals surface area contributed by atoms with Crippen LogP contribution in [0.3, 0.4) is 0 Å². The third-order valence-corrected chi connectivity index (χ3v) is 3.87. The smallest absolute Gasteiger partial charge is 0.0376 e. The van der Waals surface area contributed by atoms with E-state index < -0.39 is 0 Å². The molecule has 0 saturated heterocycles. The lowest BCUT2D eigenvalue weighted by molar-refractivity contribution is 1.44. The summed E-state index contributed by atoms with van der Waals surface area (Å²) in [5.74, 6) is 2.69. The van der Waals surface area contributed by atoms with Crippen molar-refractivity contribution < 1.29 is 0 Å². The number of benzene rings is 1. The standard InChI is InChI=1S/C20H20S/c1-6-9-14-18(8-3)17(5)21-20(12-7-2)19-15-11-10-13-16(19)4/h3,6-7,9-15H,2,5H2,1,4H3/b9-6-,18-14+,20-12+. The van der Waals surface area contributed by atoms with Gasteiger partial charge in [0.15, 0.2) is 0 Å². The van der Waals surface area contributed by atoms with Gasteiger partial charge < -0.3 is 0 Å². The van der Waals surface area contributed by atoms with Crippen LogP contribution in [0.25, 0.3) is 4.91 Å². The van der Waals surface area contributed by atoms with Gasteiger partial charge in [-0.05, 0) is 37.1 Å². The maximum Gasteiger partial charge on any atom is 0.0376 e. The molecule has 1 aromatic rings. The Morgan fingerprint density at radius 3 is 2.57 bits per heavy atom. The normalized spacial score (nSPS) is 12.2. The van der Waals surface area contributed by atoms with Gasteiger partial charge in [-0.1, -0.05) is 73.3 Å². The zero-order valence-electron chi connectivity index (χ0n) is 12.6. The molecule has 0 N–H and O–H groups in total. The second-order valence-corrected chi connectivity index (χ2v) is 5.49. The summed E-state index contributed by atoms with van der Waals surface area (Å²) in [5.41, 5.74) is 3.18. The highest BCUT2D eigenvalue weighted by Gasteiger charge is 2.08. The first kappa shape index (κ1) is 16.9. The second-order valence-electron chi connectivity index (χ2n) is 4.36. The van der Waals surface area contributed by atoms with E-state index in [1.54, 1.807) is 17.8 Å². The molecule has 0 aromatic heterocycles. The summed E-state index contributed by atoms with van der Waals surface area (Å²) in [4.78, 5) is 1.95. The monoisotopic (exact) mass is 292 g/mol. The zero-order chi connectivity index (χ0) is 15.7. The van der Waals surface area contributed by atoms with E-state index in [-0.39, 0.29) is 0 Å². The van der Waals surface area contributed by atoms with E-state index in [4.69, 9.17) is 6.42 Å². The molecule has 0 spiro atoms. The van der Waals surface area contributed by atoms with Gasteiger partial charge in [0.2, 0.25) is 0 Å². The molecule has 21 heavy (non-hydrogen) atoms. The molecule has 0 saturated carbocycles. The molecule has 1 heteroatoms. The molecule has 106 valence electrons. The Bertz CT molecular complexity index is 649. The van der Waals surface area contributed by atoms with Gasteiger partial charge in [-0.3, -0.25) is 0 Å². The molecule has 0 aliphatic heterocycles. The highest BCUT2D eigenvalue weighted by Crippen LogP contribution is 2.37. The van der Waals surface area contributed by atoms with Crippen molar-refractivity contribution >= 4 is 16.7 Å². The average molecular weight is 292 g/mol. The van der Waals surface area contributed by atoms with Crippen molar-refractivity contribution in [3.05, 3.63) is 89.4 Å². The molecular formula is C20H20S. The molecule has 0 radical (unpaired) electrons. The Hall–Kier alpha value is -2.17. The molecule has 0 aliphatic carbocycles. The number of terminal acetylenes is 1. The number of aryl methyl sites for hydroxylation is 1. The van der Waals surface area contributed by atoms with Crippen LogP contribution in [-0.2, 0) is 0 Å². The number of allylic oxidation sites excluding steroid dienone is 6. The minimum atomic E-state index is 0.793. The molecule has 0 fully saturated rings. The quantitative estimate of drug-likeness (QED) is 0.464. The fraction of sp³-hybridized carbons (Fsp3) is 0.100. The fourth-order valence-corrected chi connectivity index (χ4v) is 2.74. The largest absolute Gasteiger partial charge is 0.115 e. The summed E-state index contributed by atoms with van der Waals surface area (Å²) in [6.45, 7) is 11.9. The lowest BCUT2D eigenvalue weighted by Crippen LogP contribution is -1.87. The van der Waals surface area contributed by atoms with Crippen LogP contribution in [0.15, 0.2) is 78.3 Å². The number of rotatable bonds is 6. The van der Waals surface area contributed by atoms with Gasteiger partial charge >= 0.3 is 0 Å². The fourth-order valence-electron chi connectivity index (χ4n) is 1.74. The molecule has 0 nitrogen and oxygen atoms in total. The summed E-state index contributed by atoms with van der Waals surface area (Å²) in [5, 5.41) is 0. The van der Waals surface area contributed by atoms with Gasteiger partial charge in [0.1, 0.15) is 0 Å². The molecule has 0 heterocycles. The number of hydrogen-bond donors (Lipinski definition) is 0. The van der Waals surface area contributed by atoms with Crippen LogP contribution >= 0.6 is 11.8 Å². The molecule has 0 unspecified atom stereocenters. The minimum Gasteiger partial charge on any atom is -0.115 e. The topological polar surface area (TPSA) is 0 Å². The molecule has 1 rings (SSSR count). The van der Waals surface area contributed by atoms with Crippen LogP contribution in [0.4, 0.5) is 0 Å². The third kappa shape index (κ3) is 5.02. The van der Waals surface area contributed by atoms with Gasteiger partial charge in [0.05, 0.1) is 0 Å². The SMILES string of the molecule is C#C/C(=C\C=C/C)C(=C)S/C(=C/C=C)c1ccccc1C. The summed E-state index contributed by atoms with van der Waals surface area (Å²) >= 11 is 1.57. The molecule has 0 amide bonds. The van der Waals surface area contributed by atoms with E-state index in [0.29, 0.717) is 0 Å². The Morgan fingerprint density at radius 2 is 2.00 bits per heavy atom. The Morgan fingerprint density at radius 1 is 1.29 bits per heavy atom. The van der Waals surface area contributed by atoms with E-state index in [9.17, 15) is 0 Å². The predicted octanol–water partition coefficient (Wildman–Crippen LogP) is 5.90. The van der Waals surface area contributed by atoms with Crippen LogP contribution in [0.5, 0.6) is 0 Å². The van der Waals surface area contributed by atoms with E-state index in [1.807, 2.05) is 43.4 Å². The lowest BCUT2D eigenvalue weighted by Gasteiger charge is -2.11. The van der Waals surface area contributed by atoms with Crippen LogP contribution in [0, 0.1) is 19.3 Å². The predicted molar refractivity (Wildman–Crippen MR) is 97.8 cm³/mol. The molecular weight excluding hydrogens is 272 g/mol. The van der Waals surface area contributed by atoms with Gasteiger partial charge in [-0.25, -0.2) is 0 Å².